The van der Waals surface area contributed by atoms with E-state index in [1.807, 2.05) is 41.1 Å². The van der Waals surface area contributed by atoms with Crippen molar-refractivity contribution in [2.45, 2.75) is 13.5 Å². The Bertz CT molecular complexity index is 804. The molecule has 0 spiro atoms. The molecule has 0 aliphatic rings. The minimum Gasteiger partial charge on any atom is -0.339 e. The minimum absolute atomic E-state index is 0.109. The molecular formula is C15H16ClN3OP2. The largest absolute Gasteiger partial charge is 0.339 e. The summed E-state index contributed by atoms with van der Waals surface area (Å²) in [5, 5.41) is 1.26. The molecule has 1 aromatic carbocycles. The SMILES string of the molecule is CC(=O)Cn1cc(-c2ccnc(Cl)n2)c2ccccc21.PP. The van der Waals surface area contributed by atoms with Crippen LogP contribution in [-0.2, 0) is 11.3 Å². The lowest BCUT2D eigenvalue weighted by Gasteiger charge is -2.00. The molecule has 0 bridgehead atoms. The van der Waals surface area contributed by atoms with Gasteiger partial charge in [-0.15, -0.1) is 17.9 Å². The van der Waals surface area contributed by atoms with Gasteiger partial charge in [0, 0.05) is 28.9 Å². The first-order chi connectivity index (χ1) is 10.6. The van der Waals surface area contributed by atoms with Crippen molar-refractivity contribution in [2.75, 3.05) is 0 Å². The van der Waals surface area contributed by atoms with Gasteiger partial charge in [-0.25, -0.2) is 9.97 Å². The number of halogens is 1. The minimum atomic E-state index is 0.109. The summed E-state index contributed by atoms with van der Waals surface area (Å²) in [4.78, 5) is 19.5. The number of carbonyl (C=O) groups excluding carboxylic acids is 1. The molecule has 3 rings (SSSR count). The Morgan fingerprint density at radius 3 is 2.68 bits per heavy atom. The number of rotatable bonds is 3. The molecule has 2 unspecified atom stereocenters. The van der Waals surface area contributed by atoms with Gasteiger partial charge in [-0.2, -0.15) is 0 Å². The highest BCUT2D eigenvalue weighted by atomic mass is 35.5. The summed E-state index contributed by atoms with van der Waals surface area (Å²) in [6.07, 6.45) is 3.56. The van der Waals surface area contributed by atoms with Gasteiger partial charge in [0.25, 0.3) is 0 Å². The predicted molar refractivity (Wildman–Crippen MR) is 98.1 cm³/mol. The lowest BCUT2D eigenvalue weighted by molar-refractivity contribution is -0.117. The van der Waals surface area contributed by atoms with Crippen molar-refractivity contribution in [1.82, 2.24) is 14.5 Å². The van der Waals surface area contributed by atoms with E-state index in [0.29, 0.717) is 6.54 Å². The molecule has 4 nitrogen and oxygen atoms in total. The summed E-state index contributed by atoms with van der Waals surface area (Å²) in [5.41, 5.74) is 2.71. The van der Waals surface area contributed by atoms with Crippen LogP contribution in [0.25, 0.3) is 22.2 Å². The second-order valence-electron chi connectivity index (χ2n) is 4.60. The third-order valence-corrected chi connectivity index (χ3v) is 3.27. The average molecular weight is 352 g/mol. The Morgan fingerprint density at radius 2 is 2.00 bits per heavy atom. The van der Waals surface area contributed by atoms with Crippen LogP contribution < -0.4 is 0 Å². The van der Waals surface area contributed by atoms with Gasteiger partial charge in [-0.1, -0.05) is 18.2 Å². The van der Waals surface area contributed by atoms with Gasteiger partial charge in [0.15, 0.2) is 0 Å². The van der Waals surface area contributed by atoms with E-state index in [-0.39, 0.29) is 11.1 Å². The molecule has 3 aromatic rings. The Kier molecular flexibility index (Phi) is 6.02. The van der Waals surface area contributed by atoms with Crippen LogP contribution in [0.15, 0.2) is 42.7 Å². The average Bonchev–Trinajstić information content (AvgIpc) is 2.88. The van der Waals surface area contributed by atoms with E-state index in [4.69, 9.17) is 11.6 Å². The molecule has 0 radical (unpaired) electrons. The van der Waals surface area contributed by atoms with Gasteiger partial charge < -0.3 is 4.57 Å². The standard InChI is InChI=1S/C15H12ClN3O.H4P2/c1-10(20)8-19-9-12(11-4-2-3-5-14(11)19)13-6-7-17-15(16)18-13;1-2/h2-7,9H,8H2,1H3;1-2H2. The molecule has 2 aromatic heterocycles. The number of benzene rings is 1. The zero-order chi connectivity index (χ0) is 16.1. The Hall–Kier alpha value is -1.34. The number of nitrogens with zero attached hydrogens (tertiary/aromatic N) is 3. The first-order valence-electron chi connectivity index (χ1n) is 6.55. The number of ketones is 1. The van der Waals surface area contributed by atoms with Crippen molar-refractivity contribution in [1.29, 1.82) is 0 Å². The summed E-state index contributed by atoms with van der Waals surface area (Å²) >= 11 is 5.85. The fraction of sp³-hybridized carbons (Fsp3) is 0.133. The van der Waals surface area contributed by atoms with Crippen molar-refractivity contribution in [3.8, 4) is 11.3 Å². The van der Waals surface area contributed by atoms with Crippen molar-refractivity contribution >= 4 is 46.1 Å². The van der Waals surface area contributed by atoms with Crippen molar-refractivity contribution in [3.63, 3.8) is 0 Å². The van der Waals surface area contributed by atoms with E-state index in [9.17, 15) is 4.79 Å². The van der Waals surface area contributed by atoms with Crippen LogP contribution in [0.1, 0.15) is 6.92 Å². The van der Waals surface area contributed by atoms with E-state index < -0.39 is 0 Å². The second kappa shape index (κ2) is 7.78. The molecule has 0 aliphatic carbocycles. The number of hydrogen-bond donors (Lipinski definition) is 0. The maximum atomic E-state index is 11.4. The molecule has 0 N–H and O–H groups in total. The van der Waals surface area contributed by atoms with Gasteiger partial charge in [0.05, 0.1) is 12.2 Å². The summed E-state index contributed by atoms with van der Waals surface area (Å²) < 4.78 is 1.93. The molecule has 22 heavy (non-hydrogen) atoms. The summed E-state index contributed by atoms with van der Waals surface area (Å²) in [6, 6.07) is 9.73. The van der Waals surface area contributed by atoms with Crippen molar-refractivity contribution in [3.05, 3.63) is 48.0 Å². The molecule has 0 saturated carbocycles. The molecular weight excluding hydrogens is 336 g/mol. The highest BCUT2D eigenvalue weighted by molar-refractivity contribution is 7.92. The number of para-hydroxylation sites is 1. The zero-order valence-electron chi connectivity index (χ0n) is 12.0. The molecule has 7 heteroatoms. The normalized spacial score (nSPS) is 10.2. The third-order valence-electron chi connectivity index (χ3n) is 3.08. The van der Waals surface area contributed by atoms with E-state index >= 15 is 0 Å². The zero-order valence-corrected chi connectivity index (χ0v) is 15.1. The van der Waals surface area contributed by atoms with Crippen molar-refractivity contribution < 1.29 is 4.79 Å². The highest BCUT2D eigenvalue weighted by Crippen LogP contribution is 2.29. The summed E-state index contributed by atoms with van der Waals surface area (Å²) in [5.74, 6) is 0.109. The highest BCUT2D eigenvalue weighted by Gasteiger charge is 2.12. The topological polar surface area (TPSA) is 47.8 Å². The van der Waals surface area contributed by atoms with Crippen LogP contribution in [0.3, 0.4) is 0 Å². The van der Waals surface area contributed by atoms with Crippen LogP contribution in [0.2, 0.25) is 5.28 Å². The number of aromatic nitrogens is 3. The van der Waals surface area contributed by atoms with E-state index in [1.54, 1.807) is 13.1 Å². The maximum absolute atomic E-state index is 11.4. The molecule has 0 aliphatic heterocycles. The molecule has 0 saturated heterocycles. The lowest BCUT2D eigenvalue weighted by Crippen LogP contribution is -2.04. The van der Waals surface area contributed by atoms with Crippen LogP contribution in [0.4, 0.5) is 0 Å². The van der Waals surface area contributed by atoms with Crippen LogP contribution in [-0.4, -0.2) is 20.3 Å². The number of Topliss-reactive ketones (excluding diaryl/α,β-unsaturated/α-hetero) is 1. The number of fused-ring (bicyclic) bond motifs is 1. The molecule has 0 fully saturated rings. The Morgan fingerprint density at radius 1 is 1.27 bits per heavy atom. The molecule has 2 atom stereocenters. The van der Waals surface area contributed by atoms with E-state index in [0.717, 1.165) is 22.2 Å². The predicted octanol–water partition coefficient (Wildman–Crippen LogP) is 3.99. The maximum Gasteiger partial charge on any atom is 0.222 e. The van der Waals surface area contributed by atoms with Gasteiger partial charge in [-0.05, 0) is 30.7 Å². The molecule has 114 valence electrons. The Labute approximate surface area is 138 Å². The molecule has 0 amide bonds. The number of carbonyl (C=O) groups is 1. The fourth-order valence-corrected chi connectivity index (χ4v) is 2.45. The van der Waals surface area contributed by atoms with E-state index in [1.165, 1.54) is 0 Å². The van der Waals surface area contributed by atoms with Gasteiger partial charge in [-0.3, -0.25) is 4.79 Å². The van der Waals surface area contributed by atoms with Crippen LogP contribution in [0.5, 0.6) is 0 Å². The van der Waals surface area contributed by atoms with E-state index in [2.05, 4.69) is 27.8 Å². The fourth-order valence-electron chi connectivity index (χ4n) is 2.31. The van der Waals surface area contributed by atoms with Gasteiger partial charge in [0.2, 0.25) is 5.28 Å². The second-order valence-corrected chi connectivity index (χ2v) is 4.94. The van der Waals surface area contributed by atoms with Crippen LogP contribution >= 0.6 is 29.5 Å². The monoisotopic (exact) mass is 351 g/mol. The lowest BCUT2D eigenvalue weighted by atomic mass is 10.1. The summed E-state index contributed by atoms with van der Waals surface area (Å²) in [7, 11) is 4.67. The smallest absolute Gasteiger partial charge is 0.222 e. The first-order valence-corrected chi connectivity index (χ1v) is 9.59. The van der Waals surface area contributed by atoms with Crippen molar-refractivity contribution in [2.24, 2.45) is 0 Å². The first kappa shape index (κ1) is 17.0. The Balaban J connectivity index is 0.000000847. The number of hydrogen-bond acceptors (Lipinski definition) is 3. The molecule has 2 heterocycles. The van der Waals surface area contributed by atoms with Gasteiger partial charge >= 0.3 is 0 Å². The van der Waals surface area contributed by atoms with Crippen LogP contribution in [0, 0.1) is 0 Å². The third kappa shape index (κ3) is 3.70. The quantitative estimate of drug-likeness (QED) is 0.529. The van der Waals surface area contributed by atoms with Gasteiger partial charge in [0.1, 0.15) is 5.78 Å². The summed E-state index contributed by atoms with van der Waals surface area (Å²) in [6.45, 7) is 1.93.